The predicted molar refractivity (Wildman–Crippen MR) is 160 cm³/mol. The maximum Gasteiger partial charge on any atom is 0.416 e. The lowest BCUT2D eigenvalue weighted by molar-refractivity contribution is -0.137. The van der Waals surface area contributed by atoms with Gasteiger partial charge in [0.05, 0.1) is 30.3 Å². The molecule has 0 fully saturated rings. The maximum atomic E-state index is 13.7. The molecule has 1 aliphatic rings. The van der Waals surface area contributed by atoms with Crippen LogP contribution < -0.4 is 20.7 Å². The number of benzene rings is 3. The Bertz CT molecular complexity index is 1470. The van der Waals surface area contributed by atoms with E-state index < -0.39 is 41.9 Å². The molecule has 234 valence electrons. The largest absolute Gasteiger partial charge is 0.487 e. The van der Waals surface area contributed by atoms with Crippen molar-refractivity contribution in [3.63, 3.8) is 0 Å². The Hall–Kier alpha value is -4.78. The van der Waals surface area contributed by atoms with Gasteiger partial charge in [-0.3, -0.25) is 4.79 Å². The van der Waals surface area contributed by atoms with Crippen LogP contribution >= 0.6 is 0 Å². The quantitative estimate of drug-likeness (QED) is 0.271. The van der Waals surface area contributed by atoms with Crippen molar-refractivity contribution in [2.45, 2.75) is 32.2 Å². The third-order valence-corrected chi connectivity index (χ3v) is 7.22. The van der Waals surface area contributed by atoms with Crippen LogP contribution in [-0.2, 0) is 6.18 Å². The summed E-state index contributed by atoms with van der Waals surface area (Å²) in [5.74, 6) is -0.462. The number of nitrogens with one attached hydrogen (secondary N) is 3. The molecule has 0 spiro atoms. The zero-order chi connectivity index (χ0) is 32.0. The Labute approximate surface area is 252 Å². The van der Waals surface area contributed by atoms with Crippen molar-refractivity contribution in [3.05, 3.63) is 83.9 Å². The van der Waals surface area contributed by atoms with E-state index in [-0.39, 0.29) is 42.6 Å². The molecule has 1 heterocycles. The number of fused-ring (bicyclic) bond motifs is 1. The maximum absolute atomic E-state index is 13.7. The van der Waals surface area contributed by atoms with E-state index in [0.29, 0.717) is 11.4 Å². The van der Waals surface area contributed by atoms with Crippen LogP contribution in [0.5, 0.6) is 5.75 Å². The minimum absolute atomic E-state index is 0.0715. The third kappa shape index (κ3) is 7.98. The van der Waals surface area contributed by atoms with Gasteiger partial charge in [0.1, 0.15) is 11.9 Å². The lowest BCUT2D eigenvalue weighted by atomic mass is 9.99. The summed E-state index contributed by atoms with van der Waals surface area (Å²) >= 11 is 0. The molecule has 0 bridgehead atoms. The van der Waals surface area contributed by atoms with E-state index in [2.05, 4.69) is 16.0 Å². The molecular weight excluding hydrogens is 579 g/mol. The molecule has 1 aliphatic heterocycles. The first-order chi connectivity index (χ1) is 20.8. The summed E-state index contributed by atoms with van der Waals surface area (Å²) in [5.41, 5.74) is 0.449. The van der Waals surface area contributed by atoms with E-state index in [4.69, 9.17) is 4.74 Å². The van der Waals surface area contributed by atoms with Gasteiger partial charge in [-0.15, -0.1) is 0 Å². The fraction of sp³-hybridized carbons (Fsp3) is 0.323. The molecule has 3 atom stereocenters. The summed E-state index contributed by atoms with van der Waals surface area (Å²) in [6.07, 6.45) is -5.10. The van der Waals surface area contributed by atoms with E-state index in [0.717, 1.165) is 12.1 Å². The number of aliphatic hydroxyl groups excluding tert-OH is 1. The van der Waals surface area contributed by atoms with Crippen LogP contribution in [0.2, 0.25) is 0 Å². The van der Waals surface area contributed by atoms with Crippen molar-refractivity contribution in [2.75, 3.05) is 42.7 Å². The van der Waals surface area contributed by atoms with Gasteiger partial charge >= 0.3 is 18.2 Å². The van der Waals surface area contributed by atoms with Crippen molar-refractivity contribution in [1.29, 1.82) is 0 Å². The lowest BCUT2D eigenvalue weighted by Crippen LogP contribution is -2.50. The van der Waals surface area contributed by atoms with Crippen LogP contribution in [0.3, 0.4) is 0 Å². The fourth-order valence-corrected chi connectivity index (χ4v) is 4.65. The number of carbonyl (C=O) groups is 3. The molecule has 0 aromatic heterocycles. The first-order valence-electron chi connectivity index (χ1n) is 13.9. The van der Waals surface area contributed by atoms with Crippen LogP contribution in [0.1, 0.15) is 29.8 Å². The van der Waals surface area contributed by atoms with E-state index >= 15 is 0 Å². The summed E-state index contributed by atoms with van der Waals surface area (Å²) < 4.78 is 44.9. The minimum atomic E-state index is -4.49. The Morgan fingerprint density at radius 1 is 1.00 bits per heavy atom. The number of aliphatic hydroxyl groups is 1. The number of hydrogen-bond acceptors (Lipinski definition) is 5. The average molecular weight is 614 g/mol. The van der Waals surface area contributed by atoms with Gasteiger partial charge in [0, 0.05) is 36.6 Å². The lowest BCUT2D eigenvalue weighted by Gasteiger charge is -2.38. The number of ether oxygens (including phenoxy) is 1. The monoisotopic (exact) mass is 613 g/mol. The molecule has 0 saturated carbocycles. The highest BCUT2D eigenvalue weighted by Crippen LogP contribution is 2.32. The van der Waals surface area contributed by atoms with Gasteiger partial charge in [0.25, 0.3) is 5.91 Å². The highest BCUT2D eigenvalue weighted by Gasteiger charge is 2.34. The number of nitrogens with zero attached hydrogens (tertiary/aromatic N) is 2. The van der Waals surface area contributed by atoms with Gasteiger partial charge in [0.15, 0.2) is 0 Å². The number of halogens is 3. The van der Waals surface area contributed by atoms with E-state index in [1.165, 1.54) is 35.0 Å². The Kier molecular flexibility index (Phi) is 9.99. The highest BCUT2D eigenvalue weighted by molar-refractivity contribution is 6.02. The average Bonchev–Trinajstić information content (AvgIpc) is 2.99. The van der Waals surface area contributed by atoms with Crippen molar-refractivity contribution in [2.24, 2.45) is 5.92 Å². The van der Waals surface area contributed by atoms with Crippen molar-refractivity contribution < 1.29 is 37.4 Å². The molecule has 44 heavy (non-hydrogen) atoms. The van der Waals surface area contributed by atoms with Crippen molar-refractivity contribution in [3.8, 4) is 5.75 Å². The van der Waals surface area contributed by atoms with Gasteiger partial charge in [-0.1, -0.05) is 25.1 Å². The molecule has 3 aromatic rings. The van der Waals surface area contributed by atoms with Gasteiger partial charge in [-0.05, 0) is 61.5 Å². The molecule has 5 amide bonds. The second-order valence-corrected chi connectivity index (χ2v) is 10.7. The number of para-hydroxylation sites is 1. The molecular formula is C31H34F3N5O5. The zero-order valence-electron chi connectivity index (χ0n) is 24.4. The molecule has 0 aliphatic carbocycles. The number of likely N-dealkylation sites (N-methyl/N-ethyl adjacent to an activating group) is 1. The van der Waals surface area contributed by atoms with Crippen molar-refractivity contribution >= 4 is 35.0 Å². The SMILES string of the molecule is C[C@H](CO)N1C[C@H](C)[C@@H](CN(C)C(=O)Nc2ccc(C(F)(F)F)cc2)Oc2ccc(NC(=O)Nc3ccccc3)cc2C1=O. The van der Waals surface area contributed by atoms with Gasteiger partial charge in [-0.2, -0.15) is 13.2 Å². The highest BCUT2D eigenvalue weighted by atomic mass is 19.4. The summed E-state index contributed by atoms with van der Waals surface area (Å²) in [6, 6.07) is 16.0. The summed E-state index contributed by atoms with van der Waals surface area (Å²) in [5, 5.41) is 17.9. The van der Waals surface area contributed by atoms with Crippen LogP contribution in [0, 0.1) is 5.92 Å². The van der Waals surface area contributed by atoms with Gasteiger partial charge < -0.3 is 35.6 Å². The molecule has 0 radical (unpaired) electrons. The predicted octanol–water partition coefficient (Wildman–Crippen LogP) is 5.73. The fourth-order valence-electron chi connectivity index (χ4n) is 4.65. The molecule has 4 rings (SSSR count). The Balaban J connectivity index is 1.52. The number of alkyl halides is 3. The van der Waals surface area contributed by atoms with Crippen LogP contribution in [0.15, 0.2) is 72.8 Å². The second-order valence-electron chi connectivity index (χ2n) is 10.7. The molecule has 10 nitrogen and oxygen atoms in total. The number of hydrogen-bond donors (Lipinski definition) is 4. The number of amides is 5. The zero-order valence-corrected chi connectivity index (χ0v) is 24.4. The van der Waals surface area contributed by atoms with Gasteiger partial charge in [-0.25, -0.2) is 9.59 Å². The van der Waals surface area contributed by atoms with Gasteiger partial charge in [0.2, 0.25) is 0 Å². The summed E-state index contributed by atoms with van der Waals surface area (Å²) in [6.45, 7) is 3.55. The second kappa shape index (κ2) is 13.7. The Morgan fingerprint density at radius 2 is 1.61 bits per heavy atom. The van der Waals surface area contributed by atoms with E-state index in [1.807, 2.05) is 13.0 Å². The van der Waals surface area contributed by atoms with E-state index in [1.54, 1.807) is 43.3 Å². The number of urea groups is 2. The molecule has 0 saturated heterocycles. The molecule has 4 N–H and O–H groups in total. The first-order valence-corrected chi connectivity index (χ1v) is 13.9. The van der Waals surface area contributed by atoms with Crippen LogP contribution in [0.25, 0.3) is 0 Å². The normalized spacial score (nSPS) is 17.3. The summed E-state index contributed by atoms with van der Waals surface area (Å²) in [4.78, 5) is 42.0. The smallest absolute Gasteiger partial charge is 0.416 e. The number of rotatable bonds is 7. The minimum Gasteiger partial charge on any atom is -0.487 e. The number of anilines is 3. The molecule has 0 unspecified atom stereocenters. The number of carbonyl (C=O) groups excluding carboxylic acids is 3. The third-order valence-electron chi connectivity index (χ3n) is 7.22. The standard InChI is InChI=1S/C31H34F3N5O5/c1-19-16-39(20(2)18-40)28(41)25-15-24(36-29(42)35-22-7-5-4-6-8-22)13-14-26(25)44-27(19)17-38(3)30(43)37-23-11-9-21(10-12-23)31(32,33)34/h4-15,19-20,27,40H,16-18H2,1-3H3,(H,37,43)(H2,35,36,42)/t19-,20+,27+/m0/s1. The topological polar surface area (TPSA) is 123 Å². The first kappa shape index (κ1) is 32.1. The van der Waals surface area contributed by atoms with Crippen LogP contribution in [0.4, 0.5) is 39.8 Å². The summed E-state index contributed by atoms with van der Waals surface area (Å²) in [7, 11) is 1.52. The van der Waals surface area contributed by atoms with Crippen molar-refractivity contribution in [1.82, 2.24) is 9.80 Å². The van der Waals surface area contributed by atoms with Crippen LogP contribution in [-0.4, -0.2) is 71.8 Å². The Morgan fingerprint density at radius 3 is 2.25 bits per heavy atom. The van der Waals surface area contributed by atoms with E-state index in [9.17, 15) is 32.7 Å². The molecule has 13 heteroatoms. The molecule has 3 aromatic carbocycles.